The molecule has 6 nitrogen and oxygen atoms in total. The van der Waals surface area contributed by atoms with Crippen LogP contribution < -0.4 is 5.32 Å². The van der Waals surface area contributed by atoms with E-state index in [9.17, 15) is 31.1 Å². The average molecular weight is 450 g/mol. The molecule has 1 N–H and O–H groups in total. The van der Waals surface area contributed by atoms with E-state index in [2.05, 4.69) is 20.7 Å². The van der Waals surface area contributed by atoms with E-state index >= 15 is 0 Å². The van der Waals surface area contributed by atoms with Gasteiger partial charge in [0.05, 0.1) is 21.8 Å². The van der Waals surface area contributed by atoms with Crippen molar-refractivity contribution in [3.63, 3.8) is 0 Å². The summed E-state index contributed by atoms with van der Waals surface area (Å²) in [6.07, 6.45) is -9.19. The van der Waals surface area contributed by atoms with Crippen molar-refractivity contribution in [2.75, 3.05) is 5.32 Å². The first-order valence-electron chi connectivity index (χ1n) is 8.05. The summed E-state index contributed by atoms with van der Waals surface area (Å²) >= 11 is 5.80. The van der Waals surface area contributed by atoms with Gasteiger partial charge < -0.3 is 5.32 Å². The zero-order valence-corrected chi connectivity index (χ0v) is 15.3. The summed E-state index contributed by atoms with van der Waals surface area (Å²) in [7, 11) is 0. The van der Waals surface area contributed by atoms with Gasteiger partial charge in [0.1, 0.15) is 6.54 Å². The molecule has 1 aromatic heterocycles. The van der Waals surface area contributed by atoms with Crippen LogP contribution in [-0.4, -0.2) is 26.1 Å². The molecule has 158 valence electrons. The van der Waals surface area contributed by atoms with E-state index in [-0.39, 0.29) is 22.1 Å². The van der Waals surface area contributed by atoms with E-state index < -0.39 is 35.9 Å². The number of aromatic nitrogens is 4. The Balaban J connectivity index is 1.73. The number of amides is 1. The third-order valence-corrected chi connectivity index (χ3v) is 4.08. The maximum atomic E-state index is 12.8. The van der Waals surface area contributed by atoms with E-state index in [1.165, 1.54) is 12.1 Å². The van der Waals surface area contributed by atoms with Crippen LogP contribution in [-0.2, 0) is 23.7 Å². The molecule has 3 aromatic rings. The minimum atomic E-state index is -4.63. The molecule has 0 aliphatic heterocycles. The first-order chi connectivity index (χ1) is 13.9. The Morgan fingerprint density at radius 1 is 1.00 bits per heavy atom. The zero-order chi connectivity index (χ0) is 22.1. The summed E-state index contributed by atoms with van der Waals surface area (Å²) in [4.78, 5) is 12.9. The Morgan fingerprint density at radius 2 is 1.67 bits per heavy atom. The number of nitrogens with zero attached hydrogens (tertiary/aromatic N) is 4. The number of carbonyl (C=O) groups is 1. The molecule has 0 saturated carbocycles. The molecule has 1 heterocycles. The van der Waals surface area contributed by atoms with Crippen molar-refractivity contribution in [2.45, 2.75) is 18.9 Å². The standard InChI is InChI=1S/C17H10ClF6N5O/c18-12-5-4-11(17(22,23)24)7-13(12)25-14(30)8-29-27-15(26-28-29)9-2-1-3-10(6-9)16(19,20)21/h1-7H,8H2,(H,25,30). The average Bonchev–Trinajstić information content (AvgIpc) is 3.10. The van der Waals surface area contributed by atoms with Gasteiger partial charge in [-0.25, -0.2) is 0 Å². The van der Waals surface area contributed by atoms with Crippen LogP contribution in [0.15, 0.2) is 42.5 Å². The van der Waals surface area contributed by atoms with Crippen LogP contribution in [0.5, 0.6) is 0 Å². The van der Waals surface area contributed by atoms with E-state index in [1.54, 1.807) is 0 Å². The van der Waals surface area contributed by atoms with Crippen molar-refractivity contribution in [1.82, 2.24) is 20.2 Å². The molecule has 0 spiro atoms. The molecule has 0 aliphatic carbocycles. The van der Waals surface area contributed by atoms with Gasteiger partial charge in [-0.2, -0.15) is 31.1 Å². The van der Waals surface area contributed by atoms with E-state index in [1.807, 2.05) is 0 Å². The smallest absolute Gasteiger partial charge is 0.323 e. The fraction of sp³-hybridized carbons (Fsp3) is 0.176. The van der Waals surface area contributed by atoms with Gasteiger partial charge in [-0.1, -0.05) is 23.7 Å². The maximum absolute atomic E-state index is 12.8. The highest BCUT2D eigenvalue weighted by atomic mass is 35.5. The van der Waals surface area contributed by atoms with Crippen LogP contribution in [0, 0.1) is 0 Å². The molecule has 0 unspecified atom stereocenters. The van der Waals surface area contributed by atoms with Crippen LogP contribution in [0.25, 0.3) is 11.4 Å². The fourth-order valence-electron chi connectivity index (χ4n) is 2.38. The Morgan fingerprint density at radius 3 is 2.33 bits per heavy atom. The minimum absolute atomic E-state index is 0.0254. The number of hydrogen-bond donors (Lipinski definition) is 1. The van der Waals surface area contributed by atoms with Crippen molar-refractivity contribution in [3.05, 3.63) is 58.6 Å². The highest BCUT2D eigenvalue weighted by molar-refractivity contribution is 6.33. The van der Waals surface area contributed by atoms with Crippen molar-refractivity contribution < 1.29 is 31.1 Å². The zero-order valence-electron chi connectivity index (χ0n) is 14.6. The van der Waals surface area contributed by atoms with Gasteiger partial charge >= 0.3 is 12.4 Å². The minimum Gasteiger partial charge on any atom is -0.323 e. The Hall–Kier alpha value is -3.15. The van der Waals surface area contributed by atoms with Crippen molar-refractivity contribution in [2.24, 2.45) is 0 Å². The molecule has 13 heteroatoms. The maximum Gasteiger partial charge on any atom is 0.416 e. The first kappa shape index (κ1) is 21.6. The molecule has 0 bridgehead atoms. The number of rotatable bonds is 4. The summed E-state index contributed by atoms with van der Waals surface area (Å²) in [6, 6.07) is 6.62. The number of anilines is 1. The molecule has 3 rings (SSSR count). The normalized spacial score (nSPS) is 12.1. The van der Waals surface area contributed by atoms with Gasteiger partial charge in [0.25, 0.3) is 0 Å². The van der Waals surface area contributed by atoms with Crippen LogP contribution in [0.2, 0.25) is 5.02 Å². The van der Waals surface area contributed by atoms with Crippen LogP contribution in [0.3, 0.4) is 0 Å². The number of benzene rings is 2. The first-order valence-corrected chi connectivity index (χ1v) is 8.43. The molecule has 2 aromatic carbocycles. The third-order valence-electron chi connectivity index (χ3n) is 3.75. The van der Waals surface area contributed by atoms with E-state index in [4.69, 9.17) is 11.6 Å². The van der Waals surface area contributed by atoms with Crippen LogP contribution in [0.1, 0.15) is 11.1 Å². The Kier molecular flexibility index (Phi) is 5.70. The molecule has 0 fully saturated rings. The number of carbonyl (C=O) groups excluding carboxylic acids is 1. The van der Waals surface area contributed by atoms with Crippen LogP contribution in [0.4, 0.5) is 32.0 Å². The second-order valence-electron chi connectivity index (χ2n) is 5.96. The van der Waals surface area contributed by atoms with Gasteiger partial charge in [-0.3, -0.25) is 4.79 Å². The number of tetrazole rings is 1. The largest absolute Gasteiger partial charge is 0.416 e. The molecule has 1 amide bonds. The van der Waals surface area contributed by atoms with Gasteiger partial charge in [0.2, 0.25) is 11.7 Å². The summed E-state index contributed by atoms with van der Waals surface area (Å²) in [5, 5.41) is 13.1. The van der Waals surface area contributed by atoms with Gasteiger partial charge in [0, 0.05) is 5.56 Å². The molecule has 30 heavy (non-hydrogen) atoms. The molecule has 0 aliphatic rings. The lowest BCUT2D eigenvalue weighted by Gasteiger charge is -2.11. The second kappa shape index (κ2) is 7.94. The molecule has 0 atom stereocenters. The fourth-order valence-corrected chi connectivity index (χ4v) is 2.54. The number of hydrogen-bond acceptors (Lipinski definition) is 4. The number of nitrogens with one attached hydrogen (secondary N) is 1. The Labute approximate surface area is 169 Å². The summed E-state index contributed by atoms with van der Waals surface area (Å²) < 4.78 is 76.8. The van der Waals surface area contributed by atoms with Gasteiger partial charge in [0.15, 0.2) is 0 Å². The monoisotopic (exact) mass is 449 g/mol. The Bertz CT molecular complexity index is 1080. The predicted molar refractivity (Wildman–Crippen MR) is 93.3 cm³/mol. The molecule has 0 saturated heterocycles. The summed E-state index contributed by atoms with van der Waals surface area (Å²) in [6.45, 7) is -0.557. The molecular formula is C17H10ClF6N5O. The van der Waals surface area contributed by atoms with Crippen LogP contribution >= 0.6 is 11.6 Å². The van der Waals surface area contributed by atoms with Crippen molar-refractivity contribution >= 4 is 23.2 Å². The lowest BCUT2D eigenvalue weighted by molar-refractivity contribution is -0.138. The highest BCUT2D eigenvalue weighted by Gasteiger charge is 2.32. The quantitative estimate of drug-likeness (QED) is 0.588. The number of alkyl halides is 6. The molecular weight excluding hydrogens is 440 g/mol. The SMILES string of the molecule is O=C(Cn1nnc(-c2cccc(C(F)(F)F)c2)n1)Nc1cc(C(F)(F)F)ccc1Cl. The summed E-state index contributed by atoms with van der Waals surface area (Å²) in [5.41, 5.74) is -2.16. The lowest BCUT2D eigenvalue weighted by atomic mass is 10.1. The summed E-state index contributed by atoms with van der Waals surface area (Å²) in [5.74, 6) is -0.977. The highest BCUT2D eigenvalue weighted by Crippen LogP contribution is 2.34. The van der Waals surface area contributed by atoms with E-state index in [0.29, 0.717) is 6.07 Å². The second-order valence-corrected chi connectivity index (χ2v) is 6.37. The molecule has 0 radical (unpaired) electrons. The van der Waals surface area contributed by atoms with Gasteiger partial charge in [-0.05, 0) is 35.5 Å². The number of halogens is 7. The van der Waals surface area contributed by atoms with Crippen molar-refractivity contribution in [1.29, 1.82) is 0 Å². The topological polar surface area (TPSA) is 72.7 Å². The van der Waals surface area contributed by atoms with E-state index in [0.717, 1.165) is 29.1 Å². The third kappa shape index (κ3) is 5.06. The lowest BCUT2D eigenvalue weighted by Crippen LogP contribution is -2.21. The van der Waals surface area contributed by atoms with Gasteiger partial charge in [-0.15, -0.1) is 10.2 Å². The van der Waals surface area contributed by atoms with Crippen molar-refractivity contribution in [3.8, 4) is 11.4 Å². The predicted octanol–water partition coefficient (Wildman–Crippen LogP) is 4.67.